The maximum Gasteiger partial charge on any atom is 0.263 e. The Kier molecular flexibility index (Phi) is 7.35. The van der Waals surface area contributed by atoms with Crippen LogP contribution in [0.5, 0.6) is 11.5 Å². The van der Waals surface area contributed by atoms with Gasteiger partial charge >= 0.3 is 0 Å². The number of nitriles is 1. The number of ether oxygens (including phenoxy) is 2. The van der Waals surface area contributed by atoms with Gasteiger partial charge in [0.05, 0.1) is 26.2 Å². The van der Waals surface area contributed by atoms with Crippen LogP contribution in [-0.2, 0) is 6.42 Å². The van der Waals surface area contributed by atoms with Crippen molar-refractivity contribution in [3.8, 4) is 17.6 Å². The van der Waals surface area contributed by atoms with Crippen LogP contribution in [0.3, 0.4) is 0 Å². The second-order valence-corrected chi connectivity index (χ2v) is 7.56. The summed E-state index contributed by atoms with van der Waals surface area (Å²) in [6.07, 6.45) is 0.619. The number of nitrogens with zero attached hydrogens (tertiary/aromatic N) is 2. The molecule has 164 valence electrons. The maximum atomic E-state index is 12.8. The third-order valence-corrected chi connectivity index (χ3v) is 5.27. The van der Waals surface area contributed by atoms with Crippen molar-refractivity contribution in [2.45, 2.75) is 12.3 Å². The van der Waals surface area contributed by atoms with E-state index in [1.165, 1.54) is 14.2 Å². The van der Waals surface area contributed by atoms with E-state index in [0.29, 0.717) is 29.2 Å². The molecule has 6 nitrogen and oxygen atoms in total. The van der Waals surface area contributed by atoms with Crippen molar-refractivity contribution in [1.82, 2.24) is 0 Å². The molecule has 0 heterocycles. The molecular formula is C26H27N3O3. The molecule has 1 atom stereocenters. The molecule has 3 aromatic rings. The highest BCUT2D eigenvalue weighted by Gasteiger charge is 2.19. The predicted octanol–water partition coefficient (Wildman–Crippen LogP) is 4.87. The van der Waals surface area contributed by atoms with Crippen LogP contribution in [0.15, 0.2) is 66.7 Å². The summed E-state index contributed by atoms with van der Waals surface area (Å²) in [7, 11) is 7.02. The van der Waals surface area contributed by atoms with Crippen molar-refractivity contribution in [3.63, 3.8) is 0 Å². The zero-order chi connectivity index (χ0) is 23.1. The van der Waals surface area contributed by atoms with Gasteiger partial charge in [-0.05, 0) is 53.9 Å². The zero-order valence-electron chi connectivity index (χ0n) is 18.8. The average molecular weight is 430 g/mol. The van der Waals surface area contributed by atoms with Gasteiger partial charge in [-0.2, -0.15) is 5.26 Å². The molecule has 0 aliphatic heterocycles. The fourth-order valence-corrected chi connectivity index (χ4v) is 3.47. The summed E-state index contributed by atoms with van der Waals surface area (Å²) in [6, 6.07) is 23.1. The van der Waals surface area contributed by atoms with Gasteiger partial charge in [0, 0.05) is 25.5 Å². The lowest BCUT2D eigenvalue weighted by Crippen LogP contribution is -2.14. The summed E-state index contributed by atoms with van der Waals surface area (Å²) < 4.78 is 10.6. The Morgan fingerprint density at radius 1 is 0.969 bits per heavy atom. The van der Waals surface area contributed by atoms with Gasteiger partial charge in [-0.1, -0.05) is 30.3 Å². The zero-order valence-corrected chi connectivity index (χ0v) is 18.8. The van der Waals surface area contributed by atoms with Gasteiger partial charge in [-0.25, -0.2) is 0 Å². The third kappa shape index (κ3) is 5.19. The van der Waals surface area contributed by atoms with Crippen LogP contribution in [0.25, 0.3) is 0 Å². The molecule has 3 aromatic carbocycles. The van der Waals surface area contributed by atoms with Crippen LogP contribution in [0.2, 0.25) is 0 Å². The van der Waals surface area contributed by atoms with Gasteiger partial charge < -0.3 is 19.7 Å². The fourth-order valence-electron chi connectivity index (χ4n) is 3.47. The molecule has 0 unspecified atom stereocenters. The van der Waals surface area contributed by atoms with Crippen molar-refractivity contribution in [2.24, 2.45) is 0 Å². The van der Waals surface area contributed by atoms with Gasteiger partial charge in [-0.3, -0.25) is 4.79 Å². The molecule has 0 saturated carbocycles. The molecule has 0 radical (unpaired) electrons. The minimum absolute atomic E-state index is 0.278. The lowest BCUT2D eigenvalue weighted by molar-refractivity contribution is 0.102. The molecule has 32 heavy (non-hydrogen) atoms. The Morgan fingerprint density at radius 3 is 2.06 bits per heavy atom. The van der Waals surface area contributed by atoms with Gasteiger partial charge in [-0.15, -0.1) is 0 Å². The van der Waals surface area contributed by atoms with Crippen LogP contribution in [0.4, 0.5) is 11.4 Å². The Morgan fingerprint density at radius 2 is 1.56 bits per heavy atom. The molecule has 3 rings (SSSR count). The molecule has 0 aliphatic rings. The number of methoxy groups -OCH3 is 2. The van der Waals surface area contributed by atoms with Crippen molar-refractivity contribution in [2.75, 3.05) is 38.5 Å². The molecule has 0 spiro atoms. The number of rotatable bonds is 8. The Hall–Kier alpha value is -3.98. The van der Waals surface area contributed by atoms with Gasteiger partial charge in [0.15, 0.2) is 0 Å². The number of amides is 1. The molecule has 0 saturated heterocycles. The summed E-state index contributed by atoms with van der Waals surface area (Å²) in [5.74, 6) is 0.260. The first-order valence-electron chi connectivity index (χ1n) is 10.2. The molecule has 6 heteroatoms. The van der Waals surface area contributed by atoms with Crippen molar-refractivity contribution >= 4 is 17.3 Å². The lowest BCUT2D eigenvalue weighted by atomic mass is 9.93. The second kappa shape index (κ2) is 10.4. The van der Waals surface area contributed by atoms with E-state index in [2.05, 4.69) is 35.7 Å². The lowest BCUT2D eigenvalue weighted by Gasteiger charge is -2.15. The second-order valence-electron chi connectivity index (χ2n) is 7.56. The monoisotopic (exact) mass is 429 g/mol. The maximum absolute atomic E-state index is 12.8. The first-order chi connectivity index (χ1) is 15.5. The molecule has 0 aliphatic carbocycles. The summed E-state index contributed by atoms with van der Waals surface area (Å²) in [4.78, 5) is 14.9. The summed E-state index contributed by atoms with van der Waals surface area (Å²) in [5.41, 5.74) is 4.07. The molecule has 0 aromatic heterocycles. The Balaban J connectivity index is 1.73. The summed E-state index contributed by atoms with van der Waals surface area (Å²) in [5, 5.41) is 12.6. The number of anilines is 2. The third-order valence-electron chi connectivity index (χ3n) is 5.27. The number of carbonyl (C=O) groups excluding carboxylic acids is 1. The minimum Gasteiger partial charge on any atom is -0.496 e. The van der Waals surface area contributed by atoms with Crippen LogP contribution in [0.1, 0.15) is 27.4 Å². The molecule has 0 bridgehead atoms. The fraction of sp³-hybridized carbons (Fsp3) is 0.231. The van der Waals surface area contributed by atoms with Gasteiger partial charge in [0.1, 0.15) is 17.1 Å². The van der Waals surface area contributed by atoms with Crippen molar-refractivity contribution in [1.29, 1.82) is 5.26 Å². The van der Waals surface area contributed by atoms with E-state index in [4.69, 9.17) is 9.47 Å². The predicted molar refractivity (Wildman–Crippen MR) is 127 cm³/mol. The Bertz CT molecular complexity index is 1080. The molecule has 1 N–H and O–H groups in total. The van der Waals surface area contributed by atoms with E-state index in [0.717, 1.165) is 16.8 Å². The highest BCUT2D eigenvalue weighted by Crippen LogP contribution is 2.29. The highest BCUT2D eigenvalue weighted by molar-refractivity contribution is 6.08. The van der Waals surface area contributed by atoms with Gasteiger partial charge in [0.2, 0.25) is 0 Å². The number of benzene rings is 3. The first-order valence-corrected chi connectivity index (χ1v) is 10.2. The van der Waals surface area contributed by atoms with E-state index >= 15 is 0 Å². The first kappa shape index (κ1) is 22.7. The summed E-state index contributed by atoms with van der Waals surface area (Å²) in [6.45, 7) is 0. The van der Waals surface area contributed by atoms with E-state index in [-0.39, 0.29) is 11.8 Å². The van der Waals surface area contributed by atoms with Crippen molar-refractivity contribution in [3.05, 3.63) is 83.4 Å². The average Bonchev–Trinajstić information content (AvgIpc) is 2.82. The van der Waals surface area contributed by atoms with E-state index in [9.17, 15) is 10.1 Å². The molecule has 1 amide bonds. The number of hydrogen-bond donors (Lipinski definition) is 1. The quantitative estimate of drug-likeness (QED) is 0.553. The molecule has 0 fully saturated rings. The van der Waals surface area contributed by atoms with E-state index < -0.39 is 0 Å². The number of hydrogen-bond acceptors (Lipinski definition) is 5. The standard InChI is InChI=1S/C26H27N3O3/c1-29(2)22-14-8-18(9-15-22)16-20(17-27)19-10-12-21(13-11-19)28-26(30)25-23(31-3)6-5-7-24(25)32-4/h5-15,20H,16H2,1-4H3,(H,28,30)/t20-/m0/s1. The normalized spacial score (nSPS) is 11.2. The SMILES string of the molecule is COc1cccc(OC)c1C(=O)Nc1ccc([C@H](C#N)Cc2ccc(N(C)C)cc2)cc1. The Labute approximate surface area is 189 Å². The van der Waals surface area contributed by atoms with Crippen LogP contribution < -0.4 is 19.7 Å². The van der Waals surface area contributed by atoms with Crippen LogP contribution in [0, 0.1) is 11.3 Å². The van der Waals surface area contributed by atoms with Gasteiger partial charge in [0.25, 0.3) is 5.91 Å². The highest BCUT2D eigenvalue weighted by atomic mass is 16.5. The van der Waals surface area contributed by atoms with Crippen LogP contribution >= 0.6 is 0 Å². The largest absolute Gasteiger partial charge is 0.496 e. The minimum atomic E-state index is -0.329. The van der Waals surface area contributed by atoms with E-state index in [1.807, 2.05) is 31.1 Å². The topological polar surface area (TPSA) is 74.6 Å². The smallest absolute Gasteiger partial charge is 0.263 e. The summed E-state index contributed by atoms with van der Waals surface area (Å²) >= 11 is 0. The van der Waals surface area contributed by atoms with Crippen molar-refractivity contribution < 1.29 is 14.3 Å². The van der Waals surface area contributed by atoms with Crippen LogP contribution in [-0.4, -0.2) is 34.2 Å². The number of carbonyl (C=O) groups is 1. The number of nitrogens with one attached hydrogen (secondary N) is 1. The van der Waals surface area contributed by atoms with E-state index in [1.54, 1.807) is 30.3 Å². The molecular weight excluding hydrogens is 402 g/mol.